The van der Waals surface area contributed by atoms with E-state index in [1.165, 1.54) is 18.4 Å². The van der Waals surface area contributed by atoms with Crippen molar-refractivity contribution in [3.63, 3.8) is 0 Å². The van der Waals surface area contributed by atoms with Crippen molar-refractivity contribution in [3.05, 3.63) is 64.2 Å². The van der Waals surface area contributed by atoms with Crippen molar-refractivity contribution in [2.75, 3.05) is 7.11 Å². The summed E-state index contributed by atoms with van der Waals surface area (Å²) in [6.45, 7) is 10.0. The first-order valence-corrected chi connectivity index (χ1v) is 12.8. The van der Waals surface area contributed by atoms with E-state index >= 15 is 0 Å². The molecule has 34 heavy (non-hydrogen) atoms. The number of nitrogens with zero attached hydrogens (tertiary/aromatic N) is 4. The summed E-state index contributed by atoms with van der Waals surface area (Å²) in [5.74, 6) is -0.468. The molecule has 176 valence electrons. The summed E-state index contributed by atoms with van der Waals surface area (Å²) in [5.41, 5.74) is 6.20. The molecule has 0 saturated heterocycles. The maximum absolute atomic E-state index is 13.0. The molecule has 0 fully saturated rings. The Labute approximate surface area is 212 Å². The minimum Gasteiger partial charge on any atom is -0.464 e. The zero-order chi connectivity index (χ0) is 24.6. The maximum Gasteiger partial charge on any atom is 0.357 e. The molecule has 0 aliphatic carbocycles. The SMILES string of the molecule is COC(=O)c1c(-c2cc(C)nc(C)c2)c(C)nn1-c1nc(-c2ccc(Cl)cc2)c(SC(C)C)s1. The molecule has 0 radical (unpaired) electrons. The molecule has 0 aliphatic rings. The summed E-state index contributed by atoms with van der Waals surface area (Å²) < 4.78 is 7.83. The van der Waals surface area contributed by atoms with Gasteiger partial charge in [-0.1, -0.05) is 48.9 Å². The number of halogens is 1. The molecule has 4 aromatic rings. The van der Waals surface area contributed by atoms with Gasteiger partial charge in [0.1, 0.15) is 0 Å². The summed E-state index contributed by atoms with van der Waals surface area (Å²) in [6.07, 6.45) is 0. The van der Waals surface area contributed by atoms with Crippen molar-refractivity contribution >= 4 is 40.7 Å². The Morgan fingerprint density at radius 3 is 2.29 bits per heavy atom. The van der Waals surface area contributed by atoms with Crippen molar-refractivity contribution in [3.8, 4) is 27.5 Å². The highest BCUT2D eigenvalue weighted by Crippen LogP contribution is 2.41. The van der Waals surface area contributed by atoms with Gasteiger partial charge in [-0.05, 0) is 50.6 Å². The van der Waals surface area contributed by atoms with E-state index in [4.69, 9.17) is 26.4 Å². The predicted molar refractivity (Wildman–Crippen MR) is 139 cm³/mol. The summed E-state index contributed by atoms with van der Waals surface area (Å²) in [5, 5.41) is 6.37. The third kappa shape index (κ3) is 4.89. The number of aromatic nitrogens is 4. The number of hydrogen-bond donors (Lipinski definition) is 0. The van der Waals surface area contributed by atoms with E-state index < -0.39 is 5.97 Å². The van der Waals surface area contributed by atoms with Gasteiger partial charge in [-0.15, -0.1) is 11.8 Å². The van der Waals surface area contributed by atoms with E-state index in [1.54, 1.807) is 16.4 Å². The fraction of sp³-hybridized carbons (Fsp3) is 0.280. The number of thiazole rings is 1. The number of esters is 1. The molecule has 0 bridgehead atoms. The van der Waals surface area contributed by atoms with Crippen molar-refractivity contribution in [2.24, 2.45) is 0 Å². The van der Waals surface area contributed by atoms with Crippen LogP contribution in [0, 0.1) is 20.8 Å². The van der Waals surface area contributed by atoms with Crippen LogP contribution in [0.4, 0.5) is 0 Å². The van der Waals surface area contributed by atoms with Gasteiger partial charge in [0, 0.05) is 32.8 Å². The predicted octanol–water partition coefficient (Wildman–Crippen LogP) is 6.92. The second kappa shape index (κ2) is 9.90. The van der Waals surface area contributed by atoms with Gasteiger partial charge in [-0.25, -0.2) is 9.78 Å². The lowest BCUT2D eigenvalue weighted by atomic mass is 10.0. The van der Waals surface area contributed by atoms with Crippen LogP contribution in [0.15, 0.2) is 40.6 Å². The lowest BCUT2D eigenvalue weighted by Gasteiger charge is -2.08. The minimum atomic E-state index is -0.468. The van der Waals surface area contributed by atoms with Crippen molar-refractivity contribution < 1.29 is 9.53 Å². The second-order valence-electron chi connectivity index (χ2n) is 8.16. The number of carbonyl (C=O) groups excluding carboxylic acids is 1. The summed E-state index contributed by atoms with van der Waals surface area (Å²) in [4.78, 5) is 22.4. The zero-order valence-electron chi connectivity index (χ0n) is 19.8. The number of aryl methyl sites for hydroxylation is 3. The van der Waals surface area contributed by atoms with Crippen molar-refractivity contribution in [1.82, 2.24) is 19.7 Å². The first-order chi connectivity index (χ1) is 16.2. The number of carbonyl (C=O) groups is 1. The highest BCUT2D eigenvalue weighted by molar-refractivity contribution is 8.01. The maximum atomic E-state index is 13.0. The van der Waals surface area contributed by atoms with Gasteiger partial charge in [-0.3, -0.25) is 4.98 Å². The molecule has 0 aliphatic heterocycles. The Morgan fingerprint density at radius 1 is 1.06 bits per heavy atom. The number of pyridine rings is 1. The summed E-state index contributed by atoms with van der Waals surface area (Å²) in [6, 6.07) is 11.5. The molecule has 0 saturated carbocycles. The lowest BCUT2D eigenvalue weighted by molar-refractivity contribution is 0.0591. The standard InChI is InChI=1S/C25H25ClN4O2S2/c1-13(2)33-24-21(17-7-9-19(26)10-8-17)28-25(34-24)30-22(23(31)32-6)20(16(5)29-30)18-11-14(3)27-15(4)12-18/h7-13H,1-6H3. The number of benzene rings is 1. The molecule has 1 aromatic carbocycles. The molecule has 0 atom stereocenters. The fourth-order valence-corrected chi connectivity index (χ4v) is 6.35. The van der Waals surface area contributed by atoms with Gasteiger partial charge in [0.15, 0.2) is 5.69 Å². The molecule has 0 spiro atoms. The minimum absolute atomic E-state index is 0.350. The second-order valence-corrected chi connectivity index (χ2v) is 11.4. The molecular formula is C25H25ClN4O2S2. The van der Waals surface area contributed by atoms with Crippen LogP contribution in [0.2, 0.25) is 5.02 Å². The number of hydrogen-bond acceptors (Lipinski definition) is 7. The summed E-state index contributed by atoms with van der Waals surface area (Å²) in [7, 11) is 1.38. The van der Waals surface area contributed by atoms with Gasteiger partial charge in [0.05, 0.1) is 22.7 Å². The molecule has 0 amide bonds. The van der Waals surface area contributed by atoms with Gasteiger partial charge in [0.25, 0.3) is 0 Å². The topological polar surface area (TPSA) is 69.9 Å². The van der Waals surface area contributed by atoms with Crippen molar-refractivity contribution in [1.29, 1.82) is 0 Å². The molecule has 0 N–H and O–H groups in total. The summed E-state index contributed by atoms with van der Waals surface area (Å²) >= 11 is 9.34. The largest absolute Gasteiger partial charge is 0.464 e. The fourth-order valence-electron chi connectivity index (χ4n) is 3.75. The van der Waals surface area contributed by atoms with Gasteiger partial charge < -0.3 is 4.74 Å². The van der Waals surface area contributed by atoms with Crippen LogP contribution < -0.4 is 0 Å². The molecule has 6 nitrogen and oxygen atoms in total. The Hall–Kier alpha value is -2.68. The quantitative estimate of drug-likeness (QED) is 0.206. The Balaban J connectivity index is 1.94. The van der Waals surface area contributed by atoms with Crippen LogP contribution in [0.25, 0.3) is 27.5 Å². The normalized spacial score (nSPS) is 11.3. The van der Waals surface area contributed by atoms with Crippen LogP contribution in [0.5, 0.6) is 0 Å². The molecule has 3 heterocycles. The van der Waals surface area contributed by atoms with Crippen LogP contribution in [-0.2, 0) is 4.74 Å². The lowest BCUT2D eigenvalue weighted by Crippen LogP contribution is -2.11. The molecule has 9 heteroatoms. The monoisotopic (exact) mass is 512 g/mol. The highest BCUT2D eigenvalue weighted by atomic mass is 35.5. The van der Waals surface area contributed by atoms with Crippen LogP contribution in [-0.4, -0.2) is 38.1 Å². The third-order valence-electron chi connectivity index (χ3n) is 5.04. The Morgan fingerprint density at radius 2 is 1.71 bits per heavy atom. The van der Waals surface area contributed by atoms with Crippen LogP contribution in [0.3, 0.4) is 0 Å². The number of rotatable bonds is 6. The Kier molecular flexibility index (Phi) is 7.12. The van der Waals surface area contributed by atoms with E-state index in [0.29, 0.717) is 26.8 Å². The van der Waals surface area contributed by atoms with E-state index in [0.717, 1.165) is 38.0 Å². The smallest absolute Gasteiger partial charge is 0.357 e. The first kappa shape index (κ1) is 24.4. The molecule has 0 unspecified atom stereocenters. The number of ether oxygens (including phenoxy) is 1. The number of thioether (sulfide) groups is 1. The van der Waals surface area contributed by atoms with E-state index in [9.17, 15) is 4.79 Å². The third-order valence-corrected chi connectivity index (χ3v) is 7.53. The van der Waals surface area contributed by atoms with E-state index in [-0.39, 0.29) is 0 Å². The van der Waals surface area contributed by atoms with Crippen LogP contribution in [0.1, 0.15) is 41.4 Å². The zero-order valence-corrected chi connectivity index (χ0v) is 22.2. The van der Waals surface area contributed by atoms with Gasteiger partial charge >= 0.3 is 5.97 Å². The molecule has 3 aromatic heterocycles. The van der Waals surface area contributed by atoms with Crippen molar-refractivity contribution in [2.45, 2.75) is 44.1 Å². The van der Waals surface area contributed by atoms with E-state index in [1.807, 2.05) is 57.2 Å². The van der Waals surface area contributed by atoms with Crippen LogP contribution >= 0.6 is 34.7 Å². The molecular weight excluding hydrogens is 488 g/mol. The van der Waals surface area contributed by atoms with Gasteiger partial charge in [0.2, 0.25) is 5.13 Å². The Bertz CT molecular complexity index is 1340. The van der Waals surface area contributed by atoms with Gasteiger partial charge in [-0.2, -0.15) is 9.78 Å². The number of methoxy groups -OCH3 is 1. The first-order valence-electron chi connectivity index (χ1n) is 10.7. The highest BCUT2D eigenvalue weighted by Gasteiger charge is 2.28. The average molecular weight is 513 g/mol. The van der Waals surface area contributed by atoms with E-state index in [2.05, 4.69) is 18.8 Å². The average Bonchev–Trinajstić information content (AvgIpc) is 3.33. The molecule has 4 rings (SSSR count).